The van der Waals surface area contributed by atoms with E-state index in [4.69, 9.17) is 11.6 Å². The van der Waals surface area contributed by atoms with E-state index in [1.165, 1.54) is 0 Å². The Kier molecular flexibility index (Phi) is 6.03. The molecule has 1 fully saturated rings. The Morgan fingerprint density at radius 3 is 2.61 bits per heavy atom. The van der Waals surface area contributed by atoms with Gasteiger partial charge in [0.25, 0.3) is 5.78 Å². The lowest BCUT2D eigenvalue weighted by molar-refractivity contribution is -0.133. The molecule has 0 saturated carbocycles. The monoisotopic (exact) mass is 441 g/mol. The zero-order chi connectivity index (χ0) is 22.0. The second kappa shape index (κ2) is 8.89. The topological polar surface area (TPSA) is 95.7 Å². The molecule has 4 rings (SSSR count). The van der Waals surface area contributed by atoms with Gasteiger partial charge in [-0.15, -0.1) is 5.10 Å². The molecule has 0 spiro atoms. The lowest BCUT2D eigenvalue weighted by Crippen LogP contribution is -2.51. The molecule has 1 saturated heterocycles. The van der Waals surface area contributed by atoms with Crippen molar-refractivity contribution < 1.29 is 9.59 Å². The van der Waals surface area contributed by atoms with Gasteiger partial charge in [-0.2, -0.15) is 4.98 Å². The average Bonchev–Trinajstić information content (AvgIpc) is 3.14. The summed E-state index contributed by atoms with van der Waals surface area (Å²) in [4.78, 5) is 37.4. The van der Waals surface area contributed by atoms with Crippen molar-refractivity contribution in [3.8, 4) is 0 Å². The lowest BCUT2D eigenvalue weighted by Gasteiger charge is -2.36. The van der Waals surface area contributed by atoms with Gasteiger partial charge in [-0.05, 0) is 38.1 Å². The van der Waals surface area contributed by atoms with Crippen molar-refractivity contribution in [2.45, 2.75) is 20.3 Å². The number of amides is 2. The SMILES string of the molecule is Cc1cc(C)n2nc(CC(=O)NCC(=O)N3CCN(c4cccc(Cl)c4)CC3)nc2n1. The third-order valence-corrected chi connectivity index (χ3v) is 5.46. The van der Waals surface area contributed by atoms with Gasteiger partial charge in [0.1, 0.15) is 0 Å². The minimum atomic E-state index is -0.295. The first-order valence-corrected chi connectivity index (χ1v) is 10.5. The highest BCUT2D eigenvalue weighted by atomic mass is 35.5. The number of aromatic nitrogens is 4. The van der Waals surface area contributed by atoms with Crippen molar-refractivity contribution in [2.24, 2.45) is 0 Å². The number of piperazine rings is 1. The smallest absolute Gasteiger partial charge is 0.252 e. The van der Waals surface area contributed by atoms with Crippen LogP contribution in [0.2, 0.25) is 5.02 Å². The quantitative estimate of drug-likeness (QED) is 0.643. The van der Waals surface area contributed by atoms with Crippen molar-refractivity contribution in [2.75, 3.05) is 37.6 Å². The predicted molar refractivity (Wildman–Crippen MR) is 117 cm³/mol. The number of aryl methyl sites for hydroxylation is 2. The summed E-state index contributed by atoms with van der Waals surface area (Å²) in [7, 11) is 0. The highest BCUT2D eigenvalue weighted by molar-refractivity contribution is 6.30. The Labute approximate surface area is 185 Å². The number of hydrogen-bond acceptors (Lipinski definition) is 6. The van der Waals surface area contributed by atoms with Crippen LogP contribution in [-0.4, -0.2) is 69.0 Å². The van der Waals surface area contributed by atoms with Crippen LogP contribution in [0.5, 0.6) is 0 Å². The molecule has 1 aliphatic rings. The van der Waals surface area contributed by atoms with Crippen molar-refractivity contribution in [3.05, 3.63) is 52.6 Å². The Morgan fingerprint density at radius 1 is 1.10 bits per heavy atom. The number of halogens is 1. The number of nitrogens with one attached hydrogen (secondary N) is 1. The summed E-state index contributed by atoms with van der Waals surface area (Å²) in [6.07, 6.45) is -0.00231. The van der Waals surface area contributed by atoms with Crippen molar-refractivity contribution in [1.82, 2.24) is 29.8 Å². The summed E-state index contributed by atoms with van der Waals surface area (Å²) >= 11 is 6.06. The summed E-state index contributed by atoms with van der Waals surface area (Å²) in [5, 5.41) is 7.70. The van der Waals surface area contributed by atoms with E-state index in [-0.39, 0.29) is 24.8 Å². The molecule has 1 aromatic carbocycles. The summed E-state index contributed by atoms with van der Waals surface area (Å²) in [6, 6.07) is 9.59. The number of rotatable bonds is 5. The maximum atomic E-state index is 12.5. The summed E-state index contributed by atoms with van der Waals surface area (Å²) in [6.45, 7) is 6.38. The molecule has 0 bridgehead atoms. The van der Waals surface area contributed by atoms with Crippen LogP contribution >= 0.6 is 11.6 Å². The Balaban J connectivity index is 1.26. The zero-order valence-electron chi connectivity index (χ0n) is 17.5. The molecule has 31 heavy (non-hydrogen) atoms. The molecule has 1 N–H and O–H groups in total. The fourth-order valence-corrected chi connectivity index (χ4v) is 3.85. The minimum absolute atomic E-state index is 0.00231. The van der Waals surface area contributed by atoms with Gasteiger partial charge < -0.3 is 15.1 Å². The van der Waals surface area contributed by atoms with E-state index >= 15 is 0 Å². The fraction of sp³-hybridized carbons (Fsp3) is 0.381. The van der Waals surface area contributed by atoms with Crippen molar-refractivity contribution in [1.29, 1.82) is 0 Å². The van der Waals surface area contributed by atoms with E-state index in [1.807, 2.05) is 44.2 Å². The number of carbonyl (C=O) groups excluding carboxylic acids is 2. The molecule has 9 nitrogen and oxygen atoms in total. The maximum Gasteiger partial charge on any atom is 0.252 e. The molecular formula is C21H24ClN7O2. The highest BCUT2D eigenvalue weighted by Crippen LogP contribution is 2.20. The number of benzene rings is 1. The van der Waals surface area contributed by atoms with Gasteiger partial charge in [0, 0.05) is 48.3 Å². The molecular weight excluding hydrogens is 418 g/mol. The zero-order valence-corrected chi connectivity index (χ0v) is 18.3. The second-order valence-electron chi connectivity index (χ2n) is 7.58. The molecule has 0 atom stereocenters. The summed E-state index contributed by atoms with van der Waals surface area (Å²) in [5.74, 6) is 0.446. The van der Waals surface area contributed by atoms with Gasteiger partial charge in [0.2, 0.25) is 11.8 Å². The van der Waals surface area contributed by atoms with E-state index in [0.29, 0.717) is 29.7 Å². The van der Waals surface area contributed by atoms with E-state index < -0.39 is 0 Å². The van der Waals surface area contributed by atoms with E-state index in [0.717, 1.165) is 30.2 Å². The number of hydrogen-bond donors (Lipinski definition) is 1. The molecule has 0 radical (unpaired) electrons. The third-order valence-electron chi connectivity index (χ3n) is 5.22. The molecule has 0 unspecified atom stereocenters. The number of carbonyl (C=O) groups is 2. The van der Waals surface area contributed by atoms with Crippen molar-refractivity contribution in [3.63, 3.8) is 0 Å². The first-order chi connectivity index (χ1) is 14.9. The van der Waals surface area contributed by atoms with Crippen LogP contribution in [0.1, 0.15) is 17.2 Å². The van der Waals surface area contributed by atoms with Gasteiger partial charge in [-0.1, -0.05) is 17.7 Å². The van der Waals surface area contributed by atoms with E-state index in [1.54, 1.807) is 9.42 Å². The summed E-state index contributed by atoms with van der Waals surface area (Å²) in [5.41, 5.74) is 2.79. The molecule has 2 amide bonds. The van der Waals surface area contributed by atoms with Gasteiger partial charge in [0.05, 0.1) is 13.0 Å². The Bertz CT molecular complexity index is 1120. The number of fused-ring (bicyclic) bond motifs is 1. The third kappa shape index (κ3) is 4.93. The molecule has 0 aliphatic carbocycles. The number of nitrogens with zero attached hydrogens (tertiary/aromatic N) is 6. The normalized spacial score (nSPS) is 14.2. The number of anilines is 1. The molecule has 3 aromatic rings. The van der Waals surface area contributed by atoms with Gasteiger partial charge >= 0.3 is 0 Å². The molecule has 2 aromatic heterocycles. The van der Waals surface area contributed by atoms with E-state index in [2.05, 4.69) is 25.3 Å². The van der Waals surface area contributed by atoms with Crippen LogP contribution in [-0.2, 0) is 16.0 Å². The highest BCUT2D eigenvalue weighted by Gasteiger charge is 2.22. The molecule has 1 aliphatic heterocycles. The van der Waals surface area contributed by atoms with Crippen LogP contribution in [0.15, 0.2) is 30.3 Å². The molecule has 3 heterocycles. The average molecular weight is 442 g/mol. The van der Waals surface area contributed by atoms with Crippen LogP contribution in [0.3, 0.4) is 0 Å². The van der Waals surface area contributed by atoms with Crippen LogP contribution < -0.4 is 10.2 Å². The Morgan fingerprint density at radius 2 is 1.87 bits per heavy atom. The van der Waals surface area contributed by atoms with Crippen LogP contribution in [0.4, 0.5) is 5.69 Å². The minimum Gasteiger partial charge on any atom is -0.368 e. The van der Waals surface area contributed by atoms with Gasteiger partial charge in [-0.25, -0.2) is 9.50 Å². The lowest BCUT2D eigenvalue weighted by atomic mass is 10.2. The first kappa shape index (κ1) is 21.0. The second-order valence-corrected chi connectivity index (χ2v) is 8.02. The maximum absolute atomic E-state index is 12.5. The standard InChI is InChI=1S/C21H24ClN7O2/c1-14-10-15(2)29-21(24-14)25-18(26-29)12-19(30)23-13-20(31)28-8-6-27(7-9-28)17-5-3-4-16(22)11-17/h3-5,10-11H,6-9,12-13H2,1-2H3,(H,23,30). The van der Waals surface area contributed by atoms with E-state index in [9.17, 15) is 9.59 Å². The Hall–Kier alpha value is -3.20. The fourth-order valence-electron chi connectivity index (χ4n) is 3.66. The largest absolute Gasteiger partial charge is 0.368 e. The molecule has 162 valence electrons. The first-order valence-electron chi connectivity index (χ1n) is 10.1. The van der Waals surface area contributed by atoms with Crippen LogP contribution in [0.25, 0.3) is 5.78 Å². The van der Waals surface area contributed by atoms with Gasteiger partial charge in [-0.3, -0.25) is 9.59 Å². The summed E-state index contributed by atoms with van der Waals surface area (Å²) < 4.78 is 1.61. The van der Waals surface area contributed by atoms with Crippen molar-refractivity contribution >= 4 is 34.9 Å². The van der Waals surface area contributed by atoms with Gasteiger partial charge in [0.15, 0.2) is 5.82 Å². The molecule has 10 heteroatoms. The predicted octanol–water partition coefficient (Wildman–Crippen LogP) is 1.40. The van der Waals surface area contributed by atoms with Crippen LogP contribution in [0, 0.1) is 13.8 Å².